The molecule has 0 saturated heterocycles. The third-order valence-electron chi connectivity index (χ3n) is 6.94. The second-order valence-electron chi connectivity index (χ2n) is 8.59. The van der Waals surface area contributed by atoms with Gasteiger partial charge in [0.1, 0.15) is 5.75 Å². The molecular formula is C23H26N2O2. The normalized spacial score (nSPS) is 30.9. The van der Waals surface area contributed by atoms with Crippen molar-refractivity contribution in [2.24, 2.45) is 23.7 Å². The number of amides is 1. The van der Waals surface area contributed by atoms with Crippen molar-refractivity contribution in [1.82, 2.24) is 10.3 Å². The van der Waals surface area contributed by atoms with Crippen LogP contribution in [-0.2, 0) is 0 Å². The Bertz CT molecular complexity index is 800. The zero-order chi connectivity index (χ0) is 18.4. The van der Waals surface area contributed by atoms with Gasteiger partial charge in [0.2, 0.25) is 5.88 Å². The van der Waals surface area contributed by atoms with E-state index >= 15 is 0 Å². The van der Waals surface area contributed by atoms with E-state index in [9.17, 15) is 4.79 Å². The molecule has 4 saturated carbocycles. The number of nitrogens with one attached hydrogen (secondary N) is 1. The van der Waals surface area contributed by atoms with Gasteiger partial charge in [-0.2, -0.15) is 0 Å². The van der Waals surface area contributed by atoms with Gasteiger partial charge in [0.05, 0.1) is 5.56 Å². The lowest BCUT2D eigenvalue weighted by atomic mass is 9.51. The quantitative estimate of drug-likeness (QED) is 0.852. The molecule has 4 aliphatic carbocycles. The van der Waals surface area contributed by atoms with Crippen molar-refractivity contribution in [3.05, 3.63) is 53.7 Å². The molecule has 0 atom stereocenters. The number of rotatable bonds is 4. The molecule has 27 heavy (non-hydrogen) atoms. The van der Waals surface area contributed by atoms with E-state index in [4.69, 9.17) is 4.74 Å². The van der Waals surface area contributed by atoms with E-state index in [1.807, 2.05) is 0 Å². The van der Waals surface area contributed by atoms with Crippen LogP contribution in [0.1, 0.15) is 53.9 Å². The van der Waals surface area contributed by atoms with Crippen LogP contribution in [0.25, 0.3) is 0 Å². The second kappa shape index (κ2) is 6.66. The molecule has 6 rings (SSSR count). The summed E-state index contributed by atoms with van der Waals surface area (Å²) in [5.74, 6) is 5.71. The van der Waals surface area contributed by atoms with Gasteiger partial charge in [0, 0.05) is 19.3 Å². The number of aromatic nitrogens is 1. The summed E-state index contributed by atoms with van der Waals surface area (Å²) in [7, 11) is 1.61. The Morgan fingerprint density at radius 1 is 0.963 bits per heavy atom. The van der Waals surface area contributed by atoms with Crippen molar-refractivity contribution in [3.63, 3.8) is 0 Å². The van der Waals surface area contributed by atoms with E-state index in [0.717, 1.165) is 35.3 Å². The van der Waals surface area contributed by atoms with Crippen LogP contribution in [0.4, 0.5) is 0 Å². The van der Waals surface area contributed by atoms with Gasteiger partial charge in [-0.25, -0.2) is 4.98 Å². The average molecular weight is 362 g/mol. The molecule has 140 valence electrons. The maximum absolute atomic E-state index is 11.6. The lowest BCUT2D eigenvalue weighted by molar-refractivity contribution is -0.00279. The molecule has 1 aromatic carbocycles. The number of hydrogen-bond donors (Lipinski definition) is 1. The second-order valence-corrected chi connectivity index (χ2v) is 8.59. The molecular weight excluding hydrogens is 336 g/mol. The third kappa shape index (κ3) is 3.11. The van der Waals surface area contributed by atoms with Crippen molar-refractivity contribution >= 4 is 5.91 Å². The van der Waals surface area contributed by atoms with Gasteiger partial charge >= 0.3 is 0 Å². The molecule has 1 amide bonds. The van der Waals surface area contributed by atoms with Crippen molar-refractivity contribution in [1.29, 1.82) is 0 Å². The molecule has 4 aliphatic rings. The van der Waals surface area contributed by atoms with Gasteiger partial charge in [-0.15, -0.1) is 0 Å². The van der Waals surface area contributed by atoms with Gasteiger partial charge in [-0.3, -0.25) is 4.79 Å². The first-order valence-electron chi connectivity index (χ1n) is 10.2. The van der Waals surface area contributed by atoms with Crippen LogP contribution < -0.4 is 10.1 Å². The summed E-state index contributed by atoms with van der Waals surface area (Å²) < 4.78 is 5.86. The molecule has 1 N–H and O–H groups in total. The SMILES string of the molecule is CNC(=O)c1ccc(Oc2ccc(C3C4CC5CC(C4)CC3C5)cc2)nc1. The number of benzene rings is 1. The summed E-state index contributed by atoms with van der Waals surface area (Å²) >= 11 is 0. The van der Waals surface area contributed by atoms with Crippen LogP contribution in [0.15, 0.2) is 42.6 Å². The zero-order valence-corrected chi connectivity index (χ0v) is 15.7. The van der Waals surface area contributed by atoms with Crippen LogP contribution in [-0.4, -0.2) is 17.9 Å². The topological polar surface area (TPSA) is 51.2 Å². The highest BCUT2D eigenvalue weighted by Gasteiger charge is 2.48. The van der Waals surface area contributed by atoms with E-state index in [-0.39, 0.29) is 5.91 Å². The van der Waals surface area contributed by atoms with E-state index in [2.05, 4.69) is 34.6 Å². The van der Waals surface area contributed by atoms with Gasteiger partial charge in [-0.05, 0) is 85.5 Å². The lowest BCUT2D eigenvalue weighted by Crippen LogP contribution is -2.43. The fourth-order valence-corrected chi connectivity index (χ4v) is 6.07. The molecule has 0 aliphatic heterocycles. The summed E-state index contributed by atoms with van der Waals surface area (Å²) in [6, 6.07) is 12.1. The number of hydrogen-bond acceptors (Lipinski definition) is 3. The van der Waals surface area contributed by atoms with Crippen molar-refractivity contribution < 1.29 is 9.53 Å². The molecule has 0 spiro atoms. The molecule has 2 aromatic rings. The zero-order valence-electron chi connectivity index (χ0n) is 15.7. The first-order chi connectivity index (χ1) is 13.2. The Morgan fingerprint density at radius 3 is 2.19 bits per heavy atom. The van der Waals surface area contributed by atoms with Gasteiger partial charge < -0.3 is 10.1 Å². The van der Waals surface area contributed by atoms with E-state index in [1.165, 1.54) is 43.9 Å². The maximum atomic E-state index is 11.6. The molecule has 0 radical (unpaired) electrons. The summed E-state index contributed by atoms with van der Waals surface area (Å²) in [5, 5.41) is 2.59. The maximum Gasteiger partial charge on any atom is 0.252 e. The molecule has 1 heterocycles. The highest BCUT2D eigenvalue weighted by molar-refractivity contribution is 5.93. The fraction of sp³-hybridized carbons (Fsp3) is 0.478. The Balaban J connectivity index is 1.29. The first-order valence-corrected chi connectivity index (χ1v) is 10.2. The molecule has 4 bridgehead atoms. The Kier molecular flexibility index (Phi) is 4.14. The van der Waals surface area contributed by atoms with E-state index in [0.29, 0.717) is 11.4 Å². The Hall–Kier alpha value is -2.36. The number of ether oxygens (including phenoxy) is 1. The summed E-state index contributed by atoms with van der Waals surface area (Å²) in [4.78, 5) is 15.8. The predicted molar refractivity (Wildman–Crippen MR) is 104 cm³/mol. The van der Waals surface area contributed by atoms with E-state index < -0.39 is 0 Å². The Morgan fingerprint density at radius 2 is 1.63 bits per heavy atom. The van der Waals surface area contributed by atoms with Crippen molar-refractivity contribution in [3.8, 4) is 11.6 Å². The predicted octanol–water partition coefficient (Wildman–Crippen LogP) is 4.77. The van der Waals surface area contributed by atoms with Crippen molar-refractivity contribution in [2.45, 2.75) is 38.0 Å². The van der Waals surface area contributed by atoms with Gasteiger partial charge in [0.15, 0.2) is 0 Å². The average Bonchev–Trinajstić information content (AvgIpc) is 2.68. The molecule has 1 aromatic heterocycles. The van der Waals surface area contributed by atoms with Gasteiger partial charge in [0.25, 0.3) is 5.91 Å². The molecule has 4 nitrogen and oxygen atoms in total. The summed E-state index contributed by atoms with van der Waals surface area (Å²) in [5.41, 5.74) is 2.01. The number of carbonyl (C=O) groups excluding carboxylic acids is 1. The summed E-state index contributed by atoms with van der Waals surface area (Å²) in [6.45, 7) is 0. The molecule has 4 fully saturated rings. The summed E-state index contributed by atoms with van der Waals surface area (Å²) in [6.07, 6.45) is 8.80. The number of carbonyl (C=O) groups is 1. The van der Waals surface area contributed by atoms with Crippen LogP contribution in [0.5, 0.6) is 11.6 Å². The Labute approximate surface area is 160 Å². The molecule has 4 heteroatoms. The number of pyridine rings is 1. The van der Waals surface area contributed by atoms with Crippen LogP contribution in [0, 0.1) is 23.7 Å². The monoisotopic (exact) mass is 362 g/mol. The minimum absolute atomic E-state index is 0.144. The first kappa shape index (κ1) is 16.8. The van der Waals surface area contributed by atoms with Crippen LogP contribution >= 0.6 is 0 Å². The minimum atomic E-state index is -0.144. The molecule has 0 unspecified atom stereocenters. The van der Waals surface area contributed by atoms with Crippen molar-refractivity contribution in [2.75, 3.05) is 7.05 Å². The van der Waals surface area contributed by atoms with Gasteiger partial charge in [-0.1, -0.05) is 12.1 Å². The highest BCUT2D eigenvalue weighted by atomic mass is 16.5. The lowest BCUT2D eigenvalue weighted by Gasteiger charge is -2.54. The van der Waals surface area contributed by atoms with E-state index in [1.54, 1.807) is 19.2 Å². The smallest absolute Gasteiger partial charge is 0.252 e. The van der Waals surface area contributed by atoms with Crippen LogP contribution in [0.3, 0.4) is 0 Å². The minimum Gasteiger partial charge on any atom is -0.439 e. The standard InChI is InChI=1S/C23H26N2O2/c1-24-23(26)17-4-7-21(25-13-17)27-20-5-2-16(3-6-20)22-18-9-14-8-15(11-18)12-19(22)10-14/h2-7,13-15,18-19,22H,8-12H2,1H3,(H,24,26). The fourth-order valence-electron chi connectivity index (χ4n) is 6.07. The number of nitrogens with zero attached hydrogens (tertiary/aromatic N) is 1. The highest BCUT2D eigenvalue weighted by Crippen LogP contribution is 2.59. The van der Waals surface area contributed by atoms with Crippen LogP contribution in [0.2, 0.25) is 0 Å². The third-order valence-corrected chi connectivity index (χ3v) is 6.94. The largest absolute Gasteiger partial charge is 0.439 e.